The number of ether oxygens (including phenoxy) is 3. The molecule has 0 amide bonds. The number of alkyl halides is 10. The number of oxime groups is 1. The molecule has 3 aromatic heterocycles. The lowest BCUT2D eigenvalue weighted by Crippen LogP contribution is -2.14. The fourth-order valence-corrected chi connectivity index (χ4v) is 4.12. The van der Waals surface area contributed by atoms with E-state index in [2.05, 4.69) is 81.9 Å². The minimum absolute atomic E-state index is 0.0295. The number of hydrogen-bond donors (Lipinski definition) is 2. The van der Waals surface area contributed by atoms with Gasteiger partial charge in [0.05, 0.1) is 39.5 Å². The number of H-pyrrole nitrogens is 1. The second-order valence-corrected chi connectivity index (χ2v) is 13.0. The Balaban J connectivity index is 0.000000727. The van der Waals surface area contributed by atoms with Crippen molar-refractivity contribution in [2.75, 3.05) is 26.8 Å². The van der Waals surface area contributed by atoms with E-state index >= 15 is 0 Å². The topological polar surface area (TPSA) is 125 Å². The molecular formula is C35H41Br2ClF9N7O4. The molecule has 0 fully saturated rings. The van der Waals surface area contributed by atoms with Crippen molar-refractivity contribution in [3.8, 4) is 0 Å². The second kappa shape index (κ2) is 24.8. The summed E-state index contributed by atoms with van der Waals surface area (Å²) >= 11 is 12.0. The van der Waals surface area contributed by atoms with Crippen LogP contribution in [-0.4, -0.2) is 85.5 Å². The number of hydrogen-bond acceptors (Lipinski definition) is 8. The molecule has 0 saturated heterocycles. The highest BCUT2D eigenvalue weighted by atomic mass is 79.9. The van der Waals surface area contributed by atoms with Gasteiger partial charge in [0.2, 0.25) is 0 Å². The maximum absolute atomic E-state index is 12.4. The van der Waals surface area contributed by atoms with Crippen LogP contribution in [-0.2, 0) is 27.7 Å². The van der Waals surface area contributed by atoms with E-state index in [9.17, 15) is 39.5 Å². The number of rotatable bonds is 9. The van der Waals surface area contributed by atoms with Crippen LogP contribution in [0.2, 0.25) is 0 Å². The summed E-state index contributed by atoms with van der Waals surface area (Å²) in [7, 11) is 4.46. The molecule has 0 aliphatic carbocycles. The van der Waals surface area contributed by atoms with Crippen LogP contribution in [0.15, 0.2) is 65.8 Å². The third-order valence-electron chi connectivity index (χ3n) is 6.64. The summed E-state index contributed by atoms with van der Waals surface area (Å²) in [6.45, 7) is 15.8. The lowest BCUT2D eigenvalue weighted by atomic mass is 10.1. The number of aromatic nitrogens is 6. The molecule has 0 unspecified atom stereocenters. The lowest BCUT2D eigenvalue weighted by molar-refractivity contribution is -0.0701. The van der Waals surface area contributed by atoms with E-state index in [0.29, 0.717) is 28.2 Å². The van der Waals surface area contributed by atoms with Gasteiger partial charge in [0.1, 0.15) is 19.0 Å². The Kier molecular flexibility index (Phi) is 23.1. The highest BCUT2D eigenvalue weighted by Gasteiger charge is 2.36. The first-order valence-corrected chi connectivity index (χ1v) is 18.1. The van der Waals surface area contributed by atoms with Gasteiger partial charge in [-0.3, -0.25) is 5.10 Å². The number of nitrogens with zero attached hydrogens (tertiary/aromatic N) is 6. The first-order chi connectivity index (χ1) is 26.7. The Morgan fingerprint density at radius 3 is 1.69 bits per heavy atom. The van der Waals surface area contributed by atoms with Crippen LogP contribution < -0.4 is 0 Å². The molecule has 0 atom stereocenters. The predicted molar refractivity (Wildman–Crippen MR) is 210 cm³/mol. The molecule has 0 radical (unpaired) electrons. The van der Waals surface area contributed by atoms with Crippen LogP contribution in [0.1, 0.15) is 45.3 Å². The summed E-state index contributed by atoms with van der Waals surface area (Å²) in [5.74, 6) is 0. The van der Waals surface area contributed by atoms with Gasteiger partial charge >= 0.3 is 18.5 Å². The van der Waals surface area contributed by atoms with E-state index in [1.807, 2.05) is 19.1 Å². The maximum Gasteiger partial charge on any atom is 0.417 e. The van der Waals surface area contributed by atoms with Crippen LogP contribution in [0.25, 0.3) is 16.7 Å². The minimum Gasteiger partial charge on any atom is -0.410 e. The smallest absolute Gasteiger partial charge is 0.410 e. The highest BCUT2D eigenvalue weighted by Crippen LogP contribution is 2.33. The summed E-state index contributed by atoms with van der Waals surface area (Å²) in [5, 5.41) is 24.8. The lowest BCUT2D eigenvalue weighted by Gasteiger charge is -2.11. The fourth-order valence-electron chi connectivity index (χ4n) is 3.76. The zero-order valence-electron chi connectivity index (χ0n) is 32.1. The molecule has 0 saturated carbocycles. The van der Waals surface area contributed by atoms with Crippen molar-refractivity contribution in [3.63, 3.8) is 0 Å². The van der Waals surface area contributed by atoms with Crippen molar-refractivity contribution in [3.05, 3.63) is 106 Å². The molecule has 4 rings (SSSR count). The van der Waals surface area contributed by atoms with E-state index in [-0.39, 0.29) is 35.7 Å². The molecule has 0 bridgehead atoms. The molecule has 0 aliphatic heterocycles. The number of allylic oxidation sites excluding steroid dienone is 3. The van der Waals surface area contributed by atoms with Crippen LogP contribution >= 0.6 is 43.5 Å². The number of halogens is 12. The third kappa shape index (κ3) is 18.7. The van der Waals surface area contributed by atoms with E-state index in [1.54, 1.807) is 33.9 Å². The van der Waals surface area contributed by atoms with Gasteiger partial charge in [-0.1, -0.05) is 74.4 Å². The van der Waals surface area contributed by atoms with Crippen molar-refractivity contribution in [2.24, 2.45) is 5.16 Å². The molecular weight excluding hydrogens is 949 g/mol. The maximum atomic E-state index is 12.4. The Morgan fingerprint density at radius 2 is 1.28 bits per heavy atom. The Hall–Kier alpha value is -3.96. The monoisotopic (exact) mass is 987 g/mol. The number of aryl methyl sites for hydroxylation is 4. The van der Waals surface area contributed by atoms with Crippen molar-refractivity contribution < 1.29 is 58.9 Å². The zero-order chi connectivity index (χ0) is 45.2. The molecule has 23 heteroatoms. The minimum atomic E-state index is -4.45. The van der Waals surface area contributed by atoms with E-state index in [1.165, 1.54) is 37.1 Å². The quantitative estimate of drug-likeness (QED) is 0.0563. The molecule has 4 aromatic rings. The average Bonchev–Trinajstić information content (AvgIpc) is 3.85. The summed E-state index contributed by atoms with van der Waals surface area (Å²) in [6.07, 6.45) is -13.3. The molecule has 58 heavy (non-hydrogen) atoms. The van der Waals surface area contributed by atoms with Crippen LogP contribution in [0.4, 0.5) is 39.5 Å². The van der Waals surface area contributed by atoms with Gasteiger partial charge in [0, 0.05) is 42.8 Å². The summed E-state index contributed by atoms with van der Waals surface area (Å²) < 4.78 is 127. The van der Waals surface area contributed by atoms with Gasteiger partial charge in [-0.25, -0.2) is 9.36 Å². The van der Waals surface area contributed by atoms with E-state index < -0.39 is 35.2 Å². The summed E-state index contributed by atoms with van der Waals surface area (Å²) in [5.41, 5.74) is 0.883. The Bertz CT molecular complexity index is 1950. The van der Waals surface area contributed by atoms with Gasteiger partial charge in [0.15, 0.2) is 5.17 Å². The summed E-state index contributed by atoms with van der Waals surface area (Å²) in [4.78, 5) is 0. The molecule has 11 nitrogen and oxygen atoms in total. The van der Waals surface area contributed by atoms with E-state index in [4.69, 9.17) is 26.3 Å². The van der Waals surface area contributed by atoms with Crippen molar-refractivity contribution in [2.45, 2.75) is 59.7 Å². The first kappa shape index (κ1) is 54.0. The predicted octanol–water partition coefficient (Wildman–Crippen LogP) is 11.2. The molecule has 0 aliphatic rings. The molecule has 1 aromatic carbocycles. The van der Waals surface area contributed by atoms with Crippen molar-refractivity contribution >= 4 is 65.4 Å². The second-order valence-electron chi connectivity index (χ2n) is 11.3. The number of nitrogens with one attached hydrogen (secondary N) is 1. The van der Waals surface area contributed by atoms with Crippen molar-refractivity contribution in [1.29, 1.82) is 0 Å². The normalized spacial score (nSPS) is 11.5. The van der Waals surface area contributed by atoms with E-state index in [0.717, 1.165) is 14.7 Å². The SMILES string of the molecule is C=C(c1cc(C)[nH]n1)C(F)(F)F.C=C(c1cc(C)n(COC)n1)C(F)(F)F.C=C(c1cc(C)nn1COC)C(F)(F)F.COCBr.Cc1cc(/C(Cl)=N/O)ccc1Br. The van der Waals surface area contributed by atoms with Gasteiger partial charge < -0.3 is 19.4 Å². The van der Waals surface area contributed by atoms with Gasteiger partial charge in [-0.05, 0) is 63.6 Å². The largest absolute Gasteiger partial charge is 0.417 e. The van der Waals surface area contributed by atoms with Crippen molar-refractivity contribution in [1.82, 2.24) is 29.8 Å². The number of aromatic amines is 1. The Morgan fingerprint density at radius 1 is 0.776 bits per heavy atom. The van der Waals surface area contributed by atoms with Gasteiger partial charge in [0.25, 0.3) is 0 Å². The van der Waals surface area contributed by atoms with Crippen LogP contribution in [0, 0.1) is 27.7 Å². The third-order valence-corrected chi connectivity index (χ3v) is 8.28. The average molecular weight is 990 g/mol. The highest BCUT2D eigenvalue weighted by molar-refractivity contribution is 9.10. The molecule has 324 valence electrons. The number of methoxy groups -OCH3 is 3. The zero-order valence-corrected chi connectivity index (χ0v) is 36.0. The Labute approximate surface area is 350 Å². The van der Waals surface area contributed by atoms with Crippen LogP contribution in [0.5, 0.6) is 0 Å². The number of benzene rings is 1. The molecule has 3 heterocycles. The van der Waals surface area contributed by atoms with Crippen LogP contribution in [0.3, 0.4) is 0 Å². The van der Waals surface area contributed by atoms with Gasteiger partial charge in [-0.2, -0.15) is 54.8 Å². The fraction of sp³-hybridized carbons (Fsp3) is 0.371. The van der Waals surface area contributed by atoms with Gasteiger partial charge in [-0.15, -0.1) is 0 Å². The first-order valence-electron chi connectivity index (χ1n) is 15.8. The summed E-state index contributed by atoms with van der Waals surface area (Å²) in [6, 6.07) is 9.43. The standard InChI is InChI=1S/2C9H11F3N2O.C8H7BrClNO.C7H7F3N2.C2H5BrO/c1-6-4-8(7(2)9(10,11)12)13-14(6)5-15-3;1-6-4-8(7(2)9(10,11)12)14(13-6)5-15-3;1-5-4-6(8(10)11-12)2-3-7(5)9;1-4-3-6(12-11-4)5(2)7(8,9)10;1-4-2-3/h2*4H,2,5H2,1,3H3;2-4,12H,1H3;3H,2H2,1H3,(H,11,12);2H2,1H3/b;;11-8-;;. The molecule has 0 spiro atoms. The molecule has 2 N–H and O–H groups in total.